The van der Waals surface area contributed by atoms with E-state index in [1.807, 2.05) is 30.5 Å². The van der Waals surface area contributed by atoms with Gasteiger partial charge in [-0.3, -0.25) is 19.8 Å². The summed E-state index contributed by atoms with van der Waals surface area (Å²) < 4.78 is 2.36. The first-order valence-corrected chi connectivity index (χ1v) is 8.84. The predicted molar refractivity (Wildman–Crippen MR) is 103 cm³/mol. The molecule has 0 aliphatic rings. The zero-order valence-corrected chi connectivity index (χ0v) is 15.5. The summed E-state index contributed by atoms with van der Waals surface area (Å²) in [7, 11) is 0. The standard InChI is InChI=1S/C17H17N5OS2/c1-4-9-22-14(20-21-17(22)24)13-11(3)18-16(25-13)19-15(23)12-7-5-10(2)6-8-12/h4-8H,1,9H2,2-3H3,(H,21,24)(H,18,19,23). The Balaban J connectivity index is 1.88. The Labute approximate surface area is 154 Å². The van der Waals surface area contributed by atoms with Crippen LogP contribution in [-0.4, -0.2) is 25.7 Å². The first kappa shape index (κ1) is 17.2. The molecule has 0 aliphatic heterocycles. The molecule has 3 rings (SSSR count). The second kappa shape index (κ2) is 7.12. The van der Waals surface area contributed by atoms with E-state index in [4.69, 9.17) is 12.2 Å². The van der Waals surface area contributed by atoms with Gasteiger partial charge in [0.1, 0.15) is 0 Å². The van der Waals surface area contributed by atoms with Gasteiger partial charge in [0.25, 0.3) is 5.91 Å². The van der Waals surface area contributed by atoms with Crippen LogP contribution in [0.4, 0.5) is 5.13 Å². The fraction of sp³-hybridized carbons (Fsp3) is 0.176. The molecule has 0 spiro atoms. The molecule has 2 N–H and O–H groups in total. The predicted octanol–water partition coefficient (Wildman–Crippen LogP) is 4.12. The highest BCUT2D eigenvalue weighted by molar-refractivity contribution is 7.71. The molecule has 2 heterocycles. The minimum absolute atomic E-state index is 0.190. The molecular weight excluding hydrogens is 354 g/mol. The molecule has 1 aromatic carbocycles. The Morgan fingerprint density at radius 3 is 2.80 bits per heavy atom. The van der Waals surface area contributed by atoms with E-state index in [-0.39, 0.29) is 5.91 Å². The molecule has 1 amide bonds. The smallest absolute Gasteiger partial charge is 0.257 e. The number of aromatic nitrogens is 4. The number of hydrogen-bond acceptors (Lipinski definition) is 5. The van der Waals surface area contributed by atoms with Crippen molar-refractivity contribution in [2.24, 2.45) is 0 Å². The molecule has 0 bridgehead atoms. The van der Waals surface area contributed by atoms with Crippen LogP contribution < -0.4 is 5.32 Å². The Bertz CT molecular complexity index is 981. The number of aryl methyl sites for hydroxylation is 2. The molecule has 2 aromatic heterocycles. The number of thiazole rings is 1. The van der Waals surface area contributed by atoms with E-state index in [1.54, 1.807) is 18.2 Å². The van der Waals surface area contributed by atoms with E-state index >= 15 is 0 Å². The summed E-state index contributed by atoms with van der Waals surface area (Å²) in [6.45, 7) is 8.15. The number of amides is 1. The summed E-state index contributed by atoms with van der Waals surface area (Å²) in [6.07, 6.45) is 1.76. The molecule has 128 valence electrons. The maximum absolute atomic E-state index is 12.4. The molecule has 0 saturated heterocycles. The normalized spacial score (nSPS) is 10.6. The monoisotopic (exact) mass is 371 g/mol. The van der Waals surface area contributed by atoms with Crippen LogP contribution in [0.25, 0.3) is 10.7 Å². The number of aromatic amines is 1. The van der Waals surface area contributed by atoms with Crippen molar-refractivity contribution in [1.82, 2.24) is 19.7 Å². The molecule has 8 heteroatoms. The molecule has 3 aromatic rings. The van der Waals surface area contributed by atoms with Crippen LogP contribution >= 0.6 is 23.6 Å². The Morgan fingerprint density at radius 2 is 2.12 bits per heavy atom. The van der Waals surface area contributed by atoms with Gasteiger partial charge in [-0.25, -0.2) is 4.98 Å². The van der Waals surface area contributed by atoms with E-state index in [2.05, 4.69) is 27.1 Å². The molecule has 0 saturated carbocycles. The molecule has 0 aliphatic carbocycles. The highest BCUT2D eigenvalue weighted by Gasteiger charge is 2.17. The Morgan fingerprint density at radius 1 is 1.40 bits per heavy atom. The van der Waals surface area contributed by atoms with Gasteiger partial charge in [0.2, 0.25) is 0 Å². The van der Waals surface area contributed by atoms with Crippen molar-refractivity contribution in [2.45, 2.75) is 20.4 Å². The molecule has 0 radical (unpaired) electrons. The number of anilines is 1. The van der Waals surface area contributed by atoms with Crippen molar-refractivity contribution in [1.29, 1.82) is 0 Å². The lowest BCUT2D eigenvalue weighted by Crippen LogP contribution is -2.11. The molecule has 0 atom stereocenters. The zero-order chi connectivity index (χ0) is 18.0. The first-order valence-electron chi connectivity index (χ1n) is 7.61. The summed E-state index contributed by atoms with van der Waals surface area (Å²) in [4.78, 5) is 17.6. The minimum Gasteiger partial charge on any atom is -0.298 e. The zero-order valence-electron chi connectivity index (χ0n) is 13.9. The largest absolute Gasteiger partial charge is 0.298 e. The number of carbonyl (C=O) groups excluding carboxylic acids is 1. The van der Waals surface area contributed by atoms with Crippen molar-refractivity contribution >= 4 is 34.6 Å². The van der Waals surface area contributed by atoms with Crippen molar-refractivity contribution < 1.29 is 4.79 Å². The highest BCUT2D eigenvalue weighted by Crippen LogP contribution is 2.31. The number of benzene rings is 1. The second-order valence-electron chi connectivity index (χ2n) is 5.51. The molecule has 25 heavy (non-hydrogen) atoms. The van der Waals surface area contributed by atoms with Gasteiger partial charge in [0.15, 0.2) is 15.7 Å². The van der Waals surface area contributed by atoms with Crippen LogP contribution in [0.3, 0.4) is 0 Å². The van der Waals surface area contributed by atoms with Crippen molar-refractivity contribution in [3.05, 3.63) is 58.5 Å². The summed E-state index contributed by atoms with van der Waals surface area (Å²) in [5.74, 6) is 0.501. The lowest BCUT2D eigenvalue weighted by Gasteiger charge is -2.02. The van der Waals surface area contributed by atoms with Gasteiger partial charge in [-0.1, -0.05) is 35.1 Å². The van der Waals surface area contributed by atoms with E-state index in [9.17, 15) is 4.79 Å². The SMILES string of the molecule is C=CCn1c(-c2sc(NC(=O)c3ccc(C)cc3)nc2C)n[nH]c1=S. The van der Waals surface area contributed by atoms with Gasteiger partial charge in [-0.05, 0) is 38.2 Å². The quantitative estimate of drug-likeness (QED) is 0.522. The number of allylic oxidation sites excluding steroid dienone is 1. The Kier molecular flexibility index (Phi) is 4.91. The lowest BCUT2D eigenvalue weighted by atomic mass is 10.1. The summed E-state index contributed by atoms with van der Waals surface area (Å²) >= 11 is 6.61. The van der Waals surface area contributed by atoms with Gasteiger partial charge in [-0.2, -0.15) is 5.10 Å². The first-order chi connectivity index (χ1) is 12.0. The summed E-state index contributed by atoms with van der Waals surface area (Å²) in [5, 5.41) is 10.4. The van der Waals surface area contributed by atoms with Gasteiger partial charge in [0, 0.05) is 12.1 Å². The van der Waals surface area contributed by atoms with Crippen LogP contribution in [0.2, 0.25) is 0 Å². The maximum Gasteiger partial charge on any atom is 0.257 e. The summed E-state index contributed by atoms with van der Waals surface area (Å²) in [6, 6.07) is 7.39. The van der Waals surface area contributed by atoms with E-state index in [0.717, 1.165) is 16.1 Å². The van der Waals surface area contributed by atoms with Crippen LogP contribution in [0.15, 0.2) is 36.9 Å². The molecule has 0 unspecified atom stereocenters. The van der Waals surface area contributed by atoms with Crippen LogP contribution in [0, 0.1) is 18.6 Å². The number of hydrogen-bond donors (Lipinski definition) is 2. The Hall–Kier alpha value is -2.58. The molecule has 6 nitrogen and oxygen atoms in total. The number of nitrogens with one attached hydrogen (secondary N) is 2. The molecular formula is C17H17N5OS2. The number of carbonyl (C=O) groups is 1. The van der Waals surface area contributed by atoms with Gasteiger partial charge in [-0.15, -0.1) is 6.58 Å². The third-order valence-corrected chi connectivity index (χ3v) is 4.98. The topological polar surface area (TPSA) is 75.6 Å². The van der Waals surface area contributed by atoms with E-state index in [1.165, 1.54) is 11.3 Å². The number of nitrogens with zero attached hydrogens (tertiary/aromatic N) is 3. The average Bonchev–Trinajstić information content (AvgIpc) is 3.11. The molecule has 0 fully saturated rings. The third-order valence-electron chi connectivity index (χ3n) is 3.60. The average molecular weight is 371 g/mol. The third kappa shape index (κ3) is 3.59. The van der Waals surface area contributed by atoms with E-state index < -0.39 is 0 Å². The van der Waals surface area contributed by atoms with Crippen molar-refractivity contribution in [3.8, 4) is 10.7 Å². The fourth-order valence-electron chi connectivity index (χ4n) is 2.32. The number of H-pyrrole nitrogens is 1. The highest BCUT2D eigenvalue weighted by atomic mass is 32.1. The lowest BCUT2D eigenvalue weighted by molar-refractivity contribution is 0.102. The summed E-state index contributed by atoms with van der Waals surface area (Å²) in [5.41, 5.74) is 2.48. The van der Waals surface area contributed by atoms with E-state index in [0.29, 0.717) is 27.8 Å². The van der Waals surface area contributed by atoms with Gasteiger partial charge in [0.05, 0.1) is 10.6 Å². The van der Waals surface area contributed by atoms with Crippen molar-refractivity contribution in [3.63, 3.8) is 0 Å². The van der Waals surface area contributed by atoms with Crippen LogP contribution in [-0.2, 0) is 6.54 Å². The van der Waals surface area contributed by atoms with Crippen LogP contribution in [0.5, 0.6) is 0 Å². The number of rotatable bonds is 5. The minimum atomic E-state index is -0.190. The van der Waals surface area contributed by atoms with Crippen molar-refractivity contribution in [2.75, 3.05) is 5.32 Å². The van der Waals surface area contributed by atoms with Crippen LogP contribution in [0.1, 0.15) is 21.6 Å². The van der Waals surface area contributed by atoms with Gasteiger partial charge < -0.3 is 0 Å². The maximum atomic E-state index is 12.4. The fourth-order valence-corrected chi connectivity index (χ4v) is 3.49. The van der Waals surface area contributed by atoms with Gasteiger partial charge >= 0.3 is 0 Å². The second-order valence-corrected chi connectivity index (χ2v) is 6.89.